The Hall–Kier alpha value is -2.75. The molecule has 1 aromatic carbocycles. The Morgan fingerprint density at radius 1 is 1.06 bits per heavy atom. The van der Waals surface area contributed by atoms with Crippen LogP contribution in [0.5, 0.6) is 6.01 Å². The molecule has 3 heterocycles. The van der Waals surface area contributed by atoms with E-state index in [2.05, 4.69) is 56.4 Å². The molecule has 2 fully saturated rings. The molecule has 3 aliphatic rings. The molecule has 9 nitrogen and oxygen atoms in total. The van der Waals surface area contributed by atoms with Crippen LogP contribution in [0.3, 0.4) is 0 Å². The van der Waals surface area contributed by atoms with Crippen molar-refractivity contribution in [1.82, 2.24) is 14.9 Å². The first-order chi connectivity index (χ1) is 16.3. The first-order valence-electron chi connectivity index (χ1n) is 11.8. The van der Waals surface area contributed by atoms with Gasteiger partial charge in [-0.25, -0.2) is 0 Å². The van der Waals surface area contributed by atoms with E-state index >= 15 is 0 Å². The number of hydrogen-bond acceptors (Lipinski definition) is 9. The molecule has 176 valence electrons. The van der Waals surface area contributed by atoms with Crippen LogP contribution in [0.2, 0.25) is 0 Å². The number of ether oxygens (including phenoxy) is 3. The van der Waals surface area contributed by atoms with Crippen molar-refractivity contribution in [2.75, 3.05) is 76.1 Å². The van der Waals surface area contributed by atoms with Gasteiger partial charge in [-0.1, -0.05) is 31.2 Å². The lowest BCUT2D eigenvalue weighted by atomic mass is 10.0. The van der Waals surface area contributed by atoms with Gasteiger partial charge in [0.15, 0.2) is 5.82 Å². The van der Waals surface area contributed by atoms with Gasteiger partial charge in [0, 0.05) is 44.4 Å². The van der Waals surface area contributed by atoms with Crippen molar-refractivity contribution >= 4 is 17.3 Å². The van der Waals surface area contributed by atoms with E-state index in [0.29, 0.717) is 37.6 Å². The fourth-order valence-electron chi connectivity index (χ4n) is 4.51. The molecule has 2 aliphatic heterocycles. The lowest BCUT2D eigenvalue weighted by molar-refractivity contribution is 0.0317. The molecule has 1 aliphatic carbocycles. The van der Waals surface area contributed by atoms with Crippen molar-refractivity contribution in [3.8, 4) is 6.01 Å². The maximum absolute atomic E-state index is 5.97. The number of aromatic nitrogens is 2. The molecule has 0 spiro atoms. The number of nitrogens with zero attached hydrogens (tertiary/aromatic N) is 5. The Morgan fingerprint density at radius 3 is 2.64 bits per heavy atom. The van der Waals surface area contributed by atoms with Crippen LogP contribution in [0.15, 0.2) is 35.4 Å². The van der Waals surface area contributed by atoms with Crippen LogP contribution in [-0.2, 0) is 9.47 Å². The quantitative estimate of drug-likeness (QED) is 0.641. The van der Waals surface area contributed by atoms with Crippen LogP contribution in [0.4, 0.5) is 11.6 Å². The molecule has 2 aromatic rings. The SMILES string of the molecule is CC1CC(=NNc2cc(N3CCOCC3)nc(OCCN3CCOCC3)n2)c2ccccc21. The molecule has 1 unspecified atom stereocenters. The number of fused-ring (bicyclic) bond motifs is 1. The fourth-order valence-corrected chi connectivity index (χ4v) is 4.51. The number of nitrogens with one attached hydrogen (secondary N) is 1. The number of anilines is 2. The second kappa shape index (κ2) is 10.5. The molecular weight excluding hydrogens is 420 g/mol. The normalized spacial score (nSPS) is 22.4. The van der Waals surface area contributed by atoms with E-state index in [1.54, 1.807) is 0 Å². The lowest BCUT2D eigenvalue weighted by Gasteiger charge is -2.28. The van der Waals surface area contributed by atoms with Crippen molar-refractivity contribution in [2.24, 2.45) is 5.10 Å². The predicted octanol–water partition coefficient (Wildman–Crippen LogP) is 2.35. The standard InChI is InChI=1S/C24H32N6O3/c1-18-16-21(20-5-3-2-4-19(18)20)27-28-22-17-23(30-9-13-32-14-10-30)26-24(25-22)33-15-8-29-6-11-31-12-7-29/h2-5,17-18H,6-16H2,1H3,(H,25,26,28). The molecule has 9 heteroatoms. The molecule has 1 atom stereocenters. The Bertz CT molecular complexity index is 972. The highest BCUT2D eigenvalue weighted by atomic mass is 16.5. The zero-order valence-electron chi connectivity index (χ0n) is 19.2. The second-order valence-electron chi connectivity index (χ2n) is 8.66. The summed E-state index contributed by atoms with van der Waals surface area (Å²) in [5.41, 5.74) is 6.79. The average Bonchev–Trinajstić information content (AvgIpc) is 3.19. The van der Waals surface area contributed by atoms with Gasteiger partial charge in [-0.2, -0.15) is 15.1 Å². The van der Waals surface area contributed by atoms with Crippen LogP contribution < -0.4 is 15.1 Å². The topological polar surface area (TPSA) is 84.3 Å². The van der Waals surface area contributed by atoms with Gasteiger partial charge in [-0.15, -0.1) is 0 Å². The lowest BCUT2D eigenvalue weighted by Crippen LogP contribution is -2.39. The highest BCUT2D eigenvalue weighted by molar-refractivity contribution is 6.05. The Labute approximate surface area is 194 Å². The maximum atomic E-state index is 5.97. The summed E-state index contributed by atoms with van der Waals surface area (Å²) in [4.78, 5) is 13.8. The van der Waals surface area contributed by atoms with Crippen LogP contribution in [-0.4, -0.2) is 86.3 Å². The molecule has 0 amide bonds. The molecular formula is C24H32N6O3. The van der Waals surface area contributed by atoms with E-state index < -0.39 is 0 Å². The molecule has 2 saturated heterocycles. The highest BCUT2D eigenvalue weighted by Crippen LogP contribution is 2.33. The summed E-state index contributed by atoms with van der Waals surface area (Å²) in [6.45, 7) is 9.99. The van der Waals surface area contributed by atoms with Gasteiger partial charge in [-0.3, -0.25) is 10.3 Å². The van der Waals surface area contributed by atoms with Gasteiger partial charge < -0.3 is 19.1 Å². The molecule has 1 aromatic heterocycles. The third-order valence-corrected chi connectivity index (χ3v) is 6.38. The van der Waals surface area contributed by atoms with Crippen molar-refractivity contribution < 1.29 is 14.2 Å². The van der Waals surface area contributed by atoms with Gasteiger partial charge in [0.05, 0.1) is 32.1 Å². The predicted molar refractivity (Wildman–Crippen MR) is 127 cm³/mol. The summed E-state index contributed by atoms with van der Waals surface area (Å²) < 4.78 is 16.9. The zero-order valence-corrected chi connectivity index (χ0v) is 19.2. The maximum Gasteiger partial charge on any atom is 0.320 e. The van der Waals surface area contributed by atoms with Crippen molar-refractivity contribution in [3.63, 3.8) is 0 Å². The van der Waals surface area contributed by atoms with Crippen LogP contribution >= 0.6 is 0 Å². The van der Waals surface area contributed by atoms with Crippen LogP contribution in [0.25, 0.3) is 0 Å². The third kappa shape index (κ3) is 5.43. The molecule has 1 N–H and O–H groups in total. The van der Waals surface area contributed by atoms with E-state index in [1.165, 1.54) is 11.1 Å². The largest absolute Gasteiger partial charge is 0.462 e. The van der Waals surface area contributed by atoms with E-state index in [-0.39, 0.29) is 0 Å². The van der Waals surface area contributed by atoms with Gasteiger partial charge in [0.2, 0.25) is 0 Å². The first-order valence-corrected chi connectivity index (χ1v) is 11.8. The Morgan fingerprint density at radius 2 is 1.82 bits per heavy atom. The summed E-state index contributed by atoms with van der Waals surface area (Å²) in [7, 11) is 0. The smallest absolute Gasteiger partial charge is 0.320 e. The minimum atomic E-state index is 0.371. The van der Waals surface area contributed by atoms with E-state index in [0.717, 1.165) is 63.9 Å². The summed E-state index contributed by atoms with van der Waals surface area (Å²) in [5, 5.41) is 4.72. The molecule has 0 saturated carbocycles. The number of hydrazone groups is 1. The minimum absolute atomic E-state index is 0.371. The minimum Gasteiger partial charge on any atom is -0.462 e. The van der Waals surface area contributed by atoms with Gasteiger partial charge >= 0.3 is 6.01 Å². The average molecular weight is 453 g/mol. The fraction of sp³-hybridized carbons (Fsp3) is 0.542. The van der Waals surface area contributed by atoms with E-state index in [1.807, 2.05) is 6.07 Å². The zero-order chi connectivity index (χ0) is 22.5. The van der Waals surface area contributed by atoms with E-state index in [4.69, 9.17) is 19.3 Å². The Balaban J connectivity index is 1.31. The molecule has 5 rings (SSSR count). The molecule has 0 radical (unpaired) electrons. The monoisotopic (exact) mass is 452 g/mol. The summed E-state index contributed by atoms with van der Waals surface area (Å²) in [6, 6.07) is 10.8. The number of rotatable bonds is 7. The van der Waals surface area contributed by atoms with Gasteiger partial charge in [0.1, 0.15) is 12.4 Å². The van der Waals surface area contributed by atoms with Gasteiger partial charge in [0.25, 0.3) is 0 Å². The van der Waals surface area contributed by atoms with Crippen LogP contribution in [0, 0.1) is 0 Å². The third-order valence-electron chi connectivity index (χ3n) is 6.38. The number of hydrogen-bond donors (Lipinski definition) is 1. The first kappa shape index (κ1) is 22.1. The summed E-state index contributed by atoms with van der Waals surface area (Å²) in [6.07, 6.45) is 0.913. The molecule has 33 heavy (non-hydrogen) atoms. The van der Waals surface area contributed by atoms with Crippen LogP contribution in [0.1, 0.15) is 30.4 Å². The van der Waals surface area contributed by atoms with Gasteiger partial charge in [-0.05, 0) is 17.9 Å². The number of benzene rings is 1. The van der Waals surface area contributed by atoms with Crippen molar-refractivity contribution in [3.05, 3.63) is 41.5 Å². The van der Waals surface area contributed by atoms with Crippen molar-refractivity contribution in [2.45, 2.75) is 19.3 Å². The van der Waals surface area contributed by atoms with Crippen molar-refractivity contribution in [1.29, 1.82) is 0 Å². The molecule has 0 bridgehead atoms. The number of morpholine rings is 2. The summed E-state index contributed by atoms with van der Waals surface area (Å²) in [5.74, 6) is 1.94. The van der Waals surface area contributed by atoms with E-state index in [9.17, 15) is 0 Å². The summed E-state index contributed by atoms with van der Waals surface area (Å²) >= 11 is 0. The highest BCUT2D eigenvalue weighted by Gasteiger charge is 2.24. The second-order valence-corrected chi connectivity index (χ2v) is 8.66. The Kier molecular flexibility index (Phi) is 6.99.